The van der Waals surface area contributed by atoms with Gasteiger partial charge in [0.2, 0.25) is 0 Å². The molecule has 0 bridgehead atoms. The lowest BCUT2D eigenvalue weighted by Crippen LogP contribution is -2.13. The fourth-order valence-corrected chi connectivity index (χ4v) is 3.99. The maximum atomic E-state index is 12.5. The number of nitrogens with one attached hydrogen (secondary N) is 1. The van der Waals surface area contributed by atoms with E-state index in [0.717, 1.165) is 12.7 Å². The molecule has 0 saturated carbocycles. The van der Waals surface area contributed by atoms with Gasteiger partial charge in [0, 0.05) is 9.26 Å². The maximum absolute atomic E-state index is 12.5. The Morgan fingerprint density at radius 1 is 1.06 bits per heavy atom. The van der Waals surface area contributed by atoms with Crippen LogP contribution >= 0.6 is 45.2 Å². The van der Waals surface area contributed by atoms with Gasteiger partial charge in [-0.25, -0.2) is 0 Å². The molecule has 3 aromatic rings. The molecule has 3 aromatic carbocycles. The predicted octanol–water partition coefficient (Wildman–Crippen LogP) is 6.42. The molecule has 1 N–H and O–H groups in total. The molecule has 0 aliphatic carbocycles. The summed E-state index contributed by atoms with van der Waals surface area (Å²) in [4.78, 5) is 12.5. The third kappa shape index (κ3) is 6.71. The van der Waals surface area contributed by atoms with Crippen LogP contribution in [0.5, 0.6) is 11.5 Å². The minimum Gasteiger partial charge on any atom is -0.490 e. The van der Waals surface area contributed by atoms with E-state index in [-0.39, 0.29) is 5.57 Å². The highest BCUT2D eigenvalue weighted by Gasteiger charge is 2.15. The summed E-state index contributed by atoms with van der Waals surface area (Å²) in [7, 11) is 0. The molecule has 0 spiro atoms. The lowest BCUT2D eigenvalue weighted by Gasteiger charge is -2.15. The smallest absolute Gasteiger partial charge is 0.266 e. The van der Waals surface area contributed by atoms with Crippen molar-refractivity contribution in [3.8, 4) is 17.6 Å². The normalized spacial score (nSPS) is 10.9. The van der Waals surface area contributed by atoms with Crippen LogP contribution in [0, 0.1) is 18.5 Å². The third-order valence-electron chi connectivity index (χ3n) is 4.34. The van der Waals surface area contributed by atoms with Crippen LogP contribution in [0.25, 0.3) is 6.08 Å². The van der Waals surface area contributed by atoms with Gasteiger partial charge in [-0.3, -0.25) is 4.79 Å². The minimum atomic E-state index is -0.467. The van der Waals surface area contributed by atoms with Crippen LogP contribution in [-0.2, 0) is 11.4 Å². The number of hydrogen-bond acceptors (Lipinski definition) is 4. The topological polar surface area (TPSA) is 71.3 Å². The zero-order valence-electron chi connectivity index (χ0n) is 17.3. The Morgan fingerprint density at radius 2 is 1.78 bits per heavy atom. The Bertz CT molecular complexity index is 1150. The Balaban J connectivity index is 1.84. The first-order valence-corrected chi connectivity index (χ1v) is 12.0. The third-order valence-corrected chi connectivity index (χ3v) is 5.86. The lowest BCUT2D eigenvalue weighted by atomic mass is 10.1. The summed E-state index contributed by atoms with van der Waals surface area (Å²) in [6.07, 6.45) is 1.55. The van der Waals surface area contributed by atoms with E-state index in [9.17, 15) is 10.1 Å². The highest BCUT2D eigenvalue weighted by atomic mass is 127. The van der Waals surface area contributed by atoms with E-state index in [0.29, 0.717) is 36.0 Å². The van der Waals surface area contributed by atoms with Gasteiger partial charge in [0.25, 0.3) is 5.91 Å². The van der Waals surface area contributed by atoms with Crippen molar-refractivity contribution in [2.45, 2.75) is 13.5 Å². The highest BCUT2D eigenvalue weighted by Crippen LogP contribution is 2.35. The van der Waals surface area contributed by atoms with Crippen molar-refractivity contribution in [2.24, 2.45) is 0 Å². The predicted molar refractivity (Wildman–Crippen MR) is 142 cm³/mol. The molecule has 0 heterocycles. The average Bonchev–Trinajstić information content (AvgIpc) is 2.79. The van der Waals surface area contributed by atoms with Gasteiger partial charge in [0.1, 0.15) is 18.2 Å². The van der Waals surface area contributed by atoms with E-state index in [2.05, 4.69) is 50.5 Å². The number of nitrogens with zero attached hydrogens (tertiary/aromatic N) is 1. The number of carbonyl (C=O) groups is 1. The number of ether oxygens (including phenoxy) is 2. The van der Waals surface area contributed by atoms with Crippen LogP contribution in [0.1, 0.15) is 18.1 Å². The Hall–Kier alpha value is -2.58. The van der Waals surface area contributed by atoms with E-state index in [1.165, 1.54) is 0 Å². The van der Waals surface area contributed by atoms with Gasteiger partial charge < -0.3 is 14.8 Å². The van der Waals surface area contributed by atoms with Crippen LogP contribution < -0.4 is 14.8 Å². The molecule has 5 nitrogen and oxygen atoms in total. The van der Waals surface area contributed by atoms with E-state index < -0.39 is 5.91 Å². The fraction of sp³-hybridized carbons (Fsp3) is 0.120. The summed E-state index contributed by atoms with van der Waals surface area (Å²) in [6, 6.07) is 22.8. The lowest BCUT2D eigenvalue weighted by molar-refractivity contribution is -0.112. The summed E-state index contributed by atoms with van der Waals surface area (Å²) in [5, 5.41) is 12.3. The molecule has 0 fully saturated rings. The minimum absolute atomic E-state index is 0.000316. The number of para-hydroxylation sites is 1. The number of amides is 1. The zero-order chi connectivity index (χ0) is 22.9. The Kier molecular flexibility index (Phi) is 8.93. The van der Waals surface area contributed by atoms with Gasteiger partial charge in [-0.1, -0.05) is 30.3 Å². The molecular formula is C25H20I2N2O3. The first-order chi connectivity index (χ1) is 15.5. The number of halogens is 2. The van der Waals surface area contributed by atoms with Gasteiger partial charge in [0.05, 0.1) is 10.2 Å². The second-order valence-corrected chi connectivity index (χ2v) is 9.08. The number of rotatable bonds is 8. The molecular weight excluding hydrogens is 630 g/mol. The van der Waals surface area contributed by atoms with E-state index in [4.69, 9.17) is 9.47 Å². The SMILES string of the molecule is CCOc1cc(/C=C(\C#N)C(=O)Nc2ccccc2)cc(I)c1OCc1ccc(I)cc1. The average molecular weight is 650 g/mol. The molecule has 0 radical (unpaired) electrons. The molecule has 0 aromatic heterocycles. The molecule has 0 aliphatic heterocycles. The van der Waals surface area contributed by atoms with Crippen molar-refractivity contribution >= 4 is 62.9 Å². The summed E-state index contributed by atoms with van der Waals surface area (Å²) in [5.74, 6) is 0.734. The molecule has 1 amide bonds. The van der Waals surface area contributed by atoms with Crippen molar-refractivity contribution in [1.29, 1.82) is 5.26 Å². The fourth-order valence-electron chi connectivity index (χ4n) is 2.85. The first-order valence-electron chi connectivity index (χ1n) is 9.82. The van der Waals surface area contributed by atoms with Crippen LogP contribution in [-0.4, -0.2) is 12.5 Å². The number of carbonyl (C=O) groups excluding carboxylic acids is 1. The van der Waals surface area contributed by atoms with E-state index in [1.54, 1.807) is 24.3 Å². The first kappa shape index (κ1) is 24.1. The summed E-state index contributed by atoms with van der Waals surface area (Å²) < 4.78 is 13.8. The monoisotopic (exact) mass is 650 g/mol. The van der Waals surface area contributed by atoms with Crippen molar-refractivity contribution in [2.75, 3.05) is 11.9 Å². The summed E-state index contributed by atoms with van der Waals surface area (Å²) in [6.45, 7) is 2.76. The van der Waals surface area contributed by atoms with Crippen LogP contribution in [0.4, 0.5) is 5.69 Å². The second kappa shape index (κ2) is 11.9. The number of nitriles is 1. The van der Waals surface area contributed by atoms with Gasteiger partial charge in [-0.15, -0.1) is 0 Å². The standard InChI is InChI=1S/C25H20I2N2O3/c1-2-31-23-14-18(12-19(15-28)25(30)29-21-6-4-3-5-7-21)13-22(27)24(23)32-16-17-8-10-20(26)11-9-17/h3-14H,2,16H2,1H3,(H,29,30)/b19-12+. The van der Waals surface area contributed by atoms with Crippen molar-refractivity contribution in [3.05, 3.63) is 90.6 Å². The van der Waals surface area contributed by atoms with Crippen molar-refractivity contribution in [3.63, 3.8) is 0 Å². The zero-order valence-corrected chi connectivity index (χ0v) is 21.6. The number of benzene rings is 3. The molecule has 0 atom stereocenters. The molecule has 0 aliphatic rings. The Morgan fingerprint density at radius 3 is 2.44 bits per heavy atom. The molecule has 7 heteroatoms. The number of anilines is 1. The molecule has 32 heavy (non-hydrogen) atoms. The van der Waals surface area contributed by atoms with Gasteiger partial charge in [-0.05, 0) is 106 Å². The van der Waals surface area contributed by atoms with Crippen LogP contribution in [0.2, 0.25) is 0 Å². The van der Waals surface area contributed by atoms with Gasteiger partial charge in [-0.2, -0.15) is 5.26 Å². The summed E-state index contributed by atoms with van der Waals surface area (Å²) in [5.41, 5.74) is 2.36. The quantitative estimate of drug-likeness (QED) is 0.174. The molecule has 0 unspecified atom stereocenters. The molecule has 3 rings (SSSR count). The van der Waals surface area contributed by atoms with E-state index in [1.807, 2.05) is 61.5 Å². The number of hydrogen-bond donors (Lipinski definition) is 1. The second-order valence-electron chi connectivity index (χ2n) is 6.67. The van der Waals surface area contributed by atoms with E-state index >= 15 is 0 Å². The maximum Gasteiger partial charge on any atom is 0.266 e. The largest absolute Gasteiger partial charge is 0.490 e. The van der Waals surface area contributed by atoms with Crippen LogP contribution in [0.15, 0.2) is 72.3 Å². The van der Waals surface area contributed by atoms with Gasteiger partial charge in [0.15, 0.2) is 11.5 Å². The highest BCUT2D eigenvalue weighted by molar-refractivity contribution is 14.1. The molecule has 0 saturated heterocycles. The van der Waals surface area contributed by atoms with Crippen molar-refractivity contribution in [1.82, 2.24) is 0 Å². The summed E-state index contributed by atoms with van der Waals surface area (Å²) >= 11 is 4.44. The van der Waals surface area contributed by atoms with Crippen LogP contribution in [0.3, 0.4) is 0 Å². The van der Waals surface area contributed by atoms with Gasteiger partial charge >= 0.3 is 0 Å². The Labute approximate surface area is 214 Å². The molecule has 162 valence electrons. The van der Waals surface area contributed by atoms with Crippen molar-refractivity contribution < 1.29 is 14.3 Å².